The maximum Gasteiger partial charge on any atom is 0.0785 e. The second-order valence-corrected chi connectivity index (χ2v) is 3.08. The van der Waals surface area contributed by atoms with Gasteiger partial charge in [-0.2, -0.15) is 0 Å². The van der Waals surface area contributed by atoms with E-state index in [1.807, 2.05) is 27.7 Å². The Balaban J connectivity index is 3.35. The molecule has 80 valence electrons. The molecule has 0 aromatic rings. The van der Waals surface area contributed by atoms with Crippen molar-refractivity contribution in [3.63, 3.8) is 0 Å². The zero-order chi connectivity index (χ0) is 10.1. The molecule has 2 unspecified atom stereocenters. The summed E-state index contributed by atoms with van der Waals surface area (Å²) in [4.78, 5) is 0. The molecule has 0 rings (SSSR count). The van der Waals surface area contributed by atoms with Crippen LogP contribution < -0.4 is 0 Å². The lowest BCUT2D eigenvalue weighted by Gasteiger charge is -2.18. The minimum atomic E-state index is 0.149. The Morgan fingerprint density at radius 1 is 0.846 bits per heavy atom. The predicted octanol–water partition coefficient (Wildman–Crippen LogP) is 1.85. The molecule has 0 aliphatic carbocycles. The standard InChI is InChI=1S/C10H22O3/c1-5-11-7-9(3)13-10(4)8-12-6-2/h9-10H,5-8H2,1-4H3. The molecule has 0 aliphatic heterocycles. The SMILES string of the molecule is CCOCC(C)OC(C)COCC. The molecule has 0 saturated heterocycles. The lowest BCUT2D eigenvalue weighted by Crippen LogP contribution is -2.25. The molecule has 0 fully saturated rings. The molecule has 3 heteroatoms. The number of hydrogen-bond donors (Lipinski definition) is 0. The highest BCUT2D eigenvalue weighted by atomic mass is 16.6. The van der Waals surface area contributed by atoms with E-state index in [1.165, 1.54) is 0 Å². The van der Waals surface area contributed by atoms with Crippen LogP contribution in [-0.2, 0) is 14.2 Å². The highest BCUT2D eigenvalue weighted by Crippen LogP contribution is 1.99. The van der Waals surface area contributed by atoms with Crippen LogP contribution in [0.4, 0.5) is 0 Å². The summed E-state index contributed by atoms with van der Waals surface area (Å²) < 4.78 is 16.1. The zero-order valence-corrected chi connectivity index (χ0v) is 9.21. The monoisotopic (exact) mass is 190 g/mol. The van der Waals surface area contributed by atoms with E-state index in [4.69, 9.17) is 14.2 Å². The number of ether oxygens (including phenoxy) is 3. The first-order valence-electron chi connectivity index (χ1n) is 5.01. The largest absolute Gasteiger partial charge is 0.379 e. The van der Waals surface area contributed by atoms with Crippen LogP contribution in [0.15, 0.2) is 0 Å². The molecule has 0 radical (unpaired) electrons. The molecule has 13 heavy (non-hydrogen) atoms. The van der Waals surface area contributed by atoms with E-state index >= 15 is 0 Å². The van der Waals surface area contributed by atoms with E-state index in [9.17, 15) is 0 Å². The number of hydrogen-bond acceptors (Lipinski definition) is 3. The summed E-state index contributed by atoms with van der Waals surface area (Å²) in [5.74, 6) is 0. The van der Waals surface area contributed by atoms with Crippen molar-refractivity contribution in [2.45, 2.75) is 39.9 Å². The van der Waals surface area contributed by atoms with Gasteiger partial charge in [-0.05, 0) is 27.7 Å². The summed E-state index contributed by atoms with van der Waals surface area (Å²) in [6, 6.07) is 0. The Morgan fingerprint density at radius 3 is 1.54 bits per heavy atom. The molecule has 0 aromatic heterocycles. The minimum absolute atomic E-state index is 0.149. The Bertz CT molecular complexity index is 94.3. The molecule has 0 saturated carbocycles. The van der Waals surface area contributed by atoms with Crippen molar-refractivity contribution < 1.29 is 14.2 Å². The molecular formula is C10H22O3. The first-order chi connectivity index (χ1) is 6.20. The van der Waals surface area contributed by atoms with Crippen LogP contribution in [0.3, 0.4) is 0 Å². The third-order valence-electron chi connectivity index (χ3n) is 1.58. The smallest absolute Gasteiger partial charge is 0.0785 e. The summed E-state index contributed by atoms with van der Waals surface area (Å²) in [6.07, 6.45) is 0.297. The normalized spacial score (nSPS) is 15.7. The Labute approximate surface area is 81.4 Å². The predicted molar refractivity (Wildman–Crippen MR) is 53.0 cm³/mol. The molecule has 0 aromatic carbocycles. The van der Waals surface area contributed by atoms with Crippen molar-refractivity contribution in [3.05, 3.63) is 0 Å². The van der Waals surface area contributed by atoms with Crippen LogP contribution in [0.25, 0.3) is 0 Å². The quantitative estimate of drug-likeness (QED) is 0.584. The molecule has 0 amide bonds. The van der Waals surface area contributed by atoms with E-state index in [2.05, 4.69) is 0 Å². The van der Waals surface area contributed by atoms with Gasteiger partial charge in [-0.25, -0.2) is 0 Å². The van der Waals surface area contributed by atoms with Crippen LogP contribution in [0.2, 0.25) is 0 Å². The zero-order valence-electron chi connectivity index (χ0n) is 9.21. The first-order valence-corrected chi connectivity index (χ1v) is 5.01. The van der Waals surface area contributed by atoms with Gasteiger partial charge in [-0.3, -0.25) is 0 Å². The Kier molecular flexibility index (Phi) is 8.40. The minimum Gasteiger partial charge on any atom is -0.379 e. The van der Waals surface area contributed by atoms with E-state index in [-0.39, 0.29) is 12.2 Å². The van der Waals surface area contributed by atoms with Gasteiger partial charge < -0.3 is 14.2 Å². The van der Waals surface area contributed by atoms with Gasteiger partial charge in [0.15, 0.2) is 0 Å². The van der Waals surface area contributed by atoms with Crippen molar-refractivity contribution in [2.75, 3.05) is 26.4 Å². The molecule has 0 bridgehead atoms. The van der Waals surface area contributed by atoms with Crippen molar-refractivity contribution >= 4 is 0 Å². The van der Waals surface area contributed by atoms with Gasteiger partial charge in [0, 0.05) is 13.2 Å². The van der Waals surface area contributed by atoms with E-state index in [1.54, 1.807) is 0 Å². The highest BCUT2D eigenvalue weighted by Gasteiger charge is 2.07. The van der Waals surface area contributed by atoms with Gasteiger partial charge in [-0.15, -0.1) is 0 Å². The summed E-state index contributed by atoms with van der Waals surface area (Å²) in [5, 5.41) is 0. The third kappa shape index (κ3) is 8.22. The molecule has 0 heterocycles. The topological polar surface area (TPSA) is 27.7 Å². The maximum atomic E-state index is 5.60. The van der Waals surface area contributed by atoms with Crippen molar-refractivity contribution in [1.82, 2.24) is 0 Å². The fourth-order valence-electron chi connectivity index (χ4n) is 1.04. The molecule has 0 N–H and O–H groups in total. The fourth-order valence-corrected chi connectivity index (χ4v) is 1.04. The van der Waals surface area contributed by atoms with Crippen molar-refractivity contribution in [2.24, 2.45) is 0 Å². The van der Waals surface area contributed by atoms with Crippen molar-refractivity contribution in [1.29, 1.82) is 0 Å². The van der Waals surface area contributed by atoms with Gasteiger partial charge in [0.05, 0.1) is 25.4 Å². The van der Waals surface area contributed by atoms with Crippen LogP contribution >= 0.6 is 0 Å². The van der Waals surface area contributed by atoms with Crippen LogP contribution in [0, 0.1) is 0 Å². The Hall–Kier alpha value is -0.120. The van der Waals surface area contributed by atoms with E-state index in [0.717, 1.165) is 13.2 Å². The molecule has 0 aliphatic rings. The molecular weight excluding hydrogens is 168 g/mol. The Morgan fingerprint density at radius 2 is 1.23 bits per heavy atom. The van der Waals surface area contributed by atoms with Gasteiger partial charge in [0.2, 0.25) is 0 Å². The number of rotatable bonds is 8. The van der Waals surface area contributed by atoms with Crippen LogP contribution in [0.5, 0.6) is 0 Å². The molecule has 2 atom stereocenters. The average Bonchev–Trinajstić information content (AvgIpc) is 2.11. The van der Waals surface area contributed by atoms with E-state index < -0.39 is 0 Å². The van der Waals surface area contributed by atoms with Gasteiger partial charge in [-0.1, -0.05) is 0 Å². The first kappa shape index (κ1) is 12.9. The van der Waals surface area contributed by atoms with Crippen LogP contribution in [0.1, 0.15) is 27.7 Å². The van der Waals surface area contributed by atoms with Gasteiger partial charge >= 0.3 is 0 Å². The highest BCUT2D eigenvalue weighted by molar-refractivity contribution is 4.53. The summed E-state index contributed by atoms with van der Waals surface area (Å²) in [5.41, 5.74) is 0. The van der Waals surface area contributed by atoms with Crippen LogP contribution in [-0.4, -0.2) is 38.6 Å². The fraction of sp³-hybridized carbons (Fsp3) is 1.00. The summed E-state index contributed by atoms with van der Waals surface area (Å²) in [7, 11) is 0. The van der Waals surface area contributed by atoms with E-state index in [0.29, 0.717) is 13.2 Å². The summed E-state index contributed by atoms with van der Waals surface area (Å²) in [6.45, 7) is 10.8. The maximum absolute atomic E-state index is 5.60. The third-order valence-corrected chi connectivity index (χ3v) is 1.58. The lowest BCUT2D eigenvalue weighted by atomic mass is 10.4. The molecule has 3 nitrogen and oxygen atoms in total. The van der Waals surface area contributed by atoms with Gasteiger partial charge in [0.25, 0.3) is 0 Å². The van der Waals surface area contributed by atoms with Crippen molar-refractivity contribution in [3.8, 4) is 0 Å². The second-order valence-electron chi connectivity index (χ2n) is 3.08. The average molecular weight is 190 g/mol. The van der Waals surface area contributed by atoms with Gasteiger partial charge in [0.1, 0.15) is 0 Å². The lowest BCUT2D eigenvalue weighted by molar-refractivity contribution is -0.0680. The molecule has 0 spiro atoms. The second kappa shape index (κ2) is 8.48. The summed E-state index contributed by atoms with van der Waals surface area (Å²) >= 11 is 0.